The van der Waals surface area contributed by atoms with Gasteiger partial charge >= 0.3 is 0 Å². The molecule has 0 amide bonds. The van der Waals surface area contributed by atoms with Crippen molar-refractivity contribution in [2.24, 2.45) is 11.8 Å². The van der Waals surface area contributed by atoms with Crippen molar-refractivity contribution >= 4 is 33.2 Å². The molecule has 19 heavy (non-hydrogen) atoms. The molecule has 1 saturated heterocycles. The molecule has 1 heterocycles. The highest BCUT2D eigenvalue weighted by molar-refractivity contribution is 7.89. The molecule has 6 heteroatoms. The van der Waals surface area contributed by atoms with Gasteiger partial charge in [0.15, 0.2) is 0 Å². The van der Waals surface area contributed by atoms with E-state index >= 15 is 0 Å². The number of halogens is 2. The molecule has 0 bridgehead atoms. The summed E-state index contributed by atoms with van der Waals surface area (Å²) in [6.45, 7) is 2.84. The van der Waals surface area contributed by atoms with Crippen LogP contribution in [0.1, 0.15) is 5.56 Å². The largest absolute Gasteiger partial charge is 0.243 e. The van der Waals surface area contributed by atoms with Crippen LogP contribution >= 0.6 is 23.2 Å². The third kappa shape index (κ3) is 3.07. The fourth-order valence-electron chi connectivity index (χ4n) is 2.30. The minimum absolute atomic E-state index is 0.138. The topological polar surface area (TPSA) is 37.4 Å². The zero-order valence-corrected chi connectivity index (χ0v) is 13.0. The van der Waals surface area contributed by atoms with E-state index in [0.717, 1.165) is 5.56 Å². The first-order valence-corrected chi connectivity index (χ1v) is 8.68. The zero-order valence-electron chi connectivity index (χ0n) is 10.7. The summed E-state index contributed by atoms with van der Waals surface area (Å²) in [5.41, 5.74) is 1.04. The summed E-state index contributed by atoms with van der Waals surface area (Å²) in [6.07, 6.45) is 0. The molecule has 2 atom stereocenters. The van der Waals surface area contributed by atoms with E-state index in [1.165, 1.54) is 4.31 Å². The molecule has 0 saturated carbocycles. The molecule has 2 unspecified atom stereocenters. The van der Waals surface area contributed by atoms with Gasteiger partial charge in [-0.1, -0.05) is 17.7 Å². The molecular formula is C13H17Cl2NO2S. The molecule has 1 aliphatic heterocycles. The van der Waals surface area contributed by atoms with E-state index in [4.69, 9.17) is 23.2 Å². The number of hydrogen-bond donors (Lipinski definition) is 0. The van der Waals surface area contributed by atoms with Gasteiger partial charge in [0.1, 0.15) is 0 Å². The molecule has 0 N–H and O–H groups in total. The minimum Gasteiger partial charge on any atom is -0.207 e. The highest BCUT2D eigenvalue weighted by atomic mass is 35.5. The van der Waals surface area contributed by atoms with Crippen molar-refractivity contribution in [2.45, 2.75) is 11.8 Å². The van der Waals surface area contributed by atoms with Gasteiger partial charge in [-0.15, -0.1) is 23.2 Å². The van der Waals surface area contributed by atoms with E-state index in [1.54, 1.807) is 24.3 Å². The minimum atomic E-state index is -3.43. The van der Waals surface area contributed by atoms with Gasteiger partial charge in [0, 0.05) is 24.8 Å². The summed E-state index contributed by atoms with van der Waals surface area (Å²) in [4.78, 5) is 0.335. The molecule has 0 spiro atoms. The van der Waals surface area contributed by atoms with Gasteiger partial charge in [0.2, 0.25) is 10.0 Å². The predicted molar refractivity (Wildman–Crippen MR) is 78.4 cm³/mol. The molecule has 1 fully saturated rings. The smallest absolute Gasteiger partial charge is 0.207 e. The molecule has 0 aromatic heterocycles. The normalized spacial score (nSPS) is 24.8. The zero-order chi connectivity index (χ0) is 14.0. The number of hydrogen-bond acceptors (Lipinski definition) is 2. The maximum Gasteiger partial charge on any atom is 0.243 e. The second kappa shape index (κ2) is 6.00. The molecule has 1 aromatic rings. The van der Waals surface area contributed by atoms with Crippen molar-refractivity contribution in [2.75, 3.05) is 24.8 Å². The van der Waals surface area contributed by atoms with Gasteiger partial charge < -0.3 is 0 Å². The average Bonchev–Trinajstić information content (AvgIpc) is 2.83. The highest BCUT2D eigenvalue weighted by Gasteiger charge is 2.38. The summed E-state index contributed by atoms with van der Waals surface area (Å²) in [6, 6.07) is 6.91. The van der Waals surface area contributed by atoms with Crippen molar-refractivity contribution in [1.82, 2.24) is 4.31 Å². The second-order valence-electron chi connectivity index (χ2n) is 4.96. The van der Waals surface area contributed by atoms with Crippen LogP contribution in [0.2, 0.25) is 0 Å². The maximum atomic E-state index is 12.5. The van der Waals surface area contributed by atoms with E-state index in [0.29, 0.717) is 29.7 Å². The van der Waals surface area contributed by atoms with Gasteiger partial charge in [-0.3, -0.25) is 0 Å². The van der Waals surface area contributed by atoms with Crippen LogP contribution in [0.3, 0.4) is 0 Å². The second-order valence-corrected chi connectivity index (χ2v) is 7.52. The highest BCUT2D eigenvalue weighted by Crippen LogP contribution is 2.30. The Bertz CT molecular complexity index is 518. The molecule has 2 rings (SSSR count). The number of rotatable bonds is 4. The Balaban J connectivity index is 2.24. The lowest BCUT2D eigenvalue weighted by atomic mass is 10.0. The number of benzene rings is 1. The van der Waals surface area contributed by atoms with Crippen molar-refractivity contribution in [1.29, 1.82) is 0 Å². The molecule has 3 nitrogen and oxygen atoms in total. The Hall–Kier alpha value is -0.290. The lowest BCUT2D eigenvalue weighted by Gasteiger charge is -2.16. The number of sulfonamides is 1. The van der Waals surface area contributed by atoms with Crippen LogP contribution in [0.25, 0.3) is 0 Å². The Kier molecular flexibility index (Phi) is 4.77. The molecule has 1 aliphatic rings. The van der Waals surface area contributed by atoms with Crippen LogP contribution in [0, 0.1) is 18.8 Å². The van der Waals surface area contributed by atoms with Crippen LogP contribution in [-0.4, -0.2) is 37.6 Å². The van der Waals surface area contributed by atoms with Crippen LogP contribution in [0.5, 0.6) is 0 Å². The van der Waals surface area contributed by atoms with Crippen LogP contribution in [-0.2, 0) is 10.0 Å². The first kappa shape index (κ1) is 15.1. The lowest BCUT2D eigenvalue weighted by molar-refractivity contribution is 0.464. The molecule has 0 radical (unpaired) electrons. The molecule has 0 aliphatic carbocycles. The number of nitrogens with zero attached hydrogens (tertiary/aromatic N) is 1. The van der Waals surface area contributed by atoms with Crippen LogP contribution < -0.4 is 0 Å². The number of aryl methyl sites for hydroxylation is 1. The van der Waals surface area contributed by atoms with Crippen LogP contribution in [0.15, 0.2) is 29.2 Å². The van der Waals surface area contributed by atoms with E-state index in [1.807, 2.05) is 6.92 Å². The Morgan fingerprint density at radius 2 is 1.58 bits per heavy atom. The molecule has 1 aromatic carbocycles. The van der Waals surface area contributed by atoms with E-state index in [-0.39, 0.29) is 11.8 Å². The molecule has 106 valence electrons. The predicted octanol–water partition coefficient (Wildman–Crippen LogP) is 2.71. The fourth-order valence-corrected chi connectivity index (χ4v) is 4.55. The quantitative estimate of drug-likeness (QED) is 0.799. The SMILES string of the molecule is Cc1ccc(S(=O)(=O)N2CC(CCl)C(CCl)C2)cc1. The summed E-state index contributed by atoms with van der Waals surface area (Å²) >= 11 is 11.8. The van der Waals surface area contributed by atoms with Gasteiger partial charge in [-0.2, -0.15) is 4.31 Å². The number of alkyl halides is 2. The van der Waals surface area contributed by atoms with E-state index in [2.05, 4.69) is 0 Å². The van der Waals surface area contributed by atoms with Crippen molar-refractivity contribution in [3.63, 3.8) is 0 Å². The summed E-state index contributed by atoms with van der Waals surface area (Å²) in [5.74, 6) is 1.16. The lowest BCUT2D eigenvalue weighted by Crippen LogP contribution is -2.29. The third-order valence-corrected chi connectivity index (χ3v) is 6.24. The van der Waals surface area contributed by atoms with Gasteiger partial charge in [-0.25, -0.2) is 8.42 Å². The Morgan fingerprint density at radius 1 is 1.11 bits per heavy atom. The monoisotopic (exact) mass is 321 g/mol. The van der Waals surface area contributed by atoms with Crippen molar-refractivity contribution in [3.05, 3.63) is 29.8 Å². The van der Waals surface area contributed by atoms with Gasteiger partial charge in [-0.05, 0) is 30.9 Å². The van der Waals surface area contributed by atoms with Crippen molar-refractivity contribution in [3.8, 4) is 0 Å². The summed E-state index contributed by atoms with van der Waals surface area (Å²) < 4.78 is 26.5. The van der Waals surface area contributed by atoms with Gasteiger partial charge in [0.25, 0.3) is 0 Å². The van der Waals surface area contributed by atoms with E-state index in [9.17, 15) is 8.42 Å². The summed E-state index contributed by atoms with van der Waals surface area (Å²) in [7, 11) is -3.43. The van der Waals surface area contributed by atoms with Gasteiger partial charge in [0.05, 0.1) is 4.90 Å². The summed E-state index contributed by atoms with van der Waals surface area (Å²) in [5, 5.41) is 0. The fraction of sp³-hybridized carbons (Fsp3) is 0.538. The average molecular weight is 322 g/mol. The first-order valence-electron chi connectivity index (χ1n) is 6.17. The maximum absolute atomic E-state index is 12.5. The van der Waals surface area contributed by atoms with E-state index < -0.39 is 10.0 Å². The van der Waals surface area contributed by atoms with Crippen molar-refractivity contribution < 1.29 is 8.42 Å². The third-order valence-electron chi connectivity index (χ3n) is 3.60. The Morgan fingerprint density at radius 3 is 2.00 bits per heavy atom. The first-order chi connectivity index (χ1) is 8.98. The standard InChI is InChI=1S/C13H17Cl2NO2S/c1-10-2-4-13(5-3-10)19(17,18)16-8-11(6-14)12(7-15)9-16/h2-5,11-12H,6-9H2,1H3. The molecular weight excluding hydrogens is 305 g/mol. The van der Waals surface area contributed by atoms with Crippen LogP contribution in [0.4, 0.5) is 0 Å². The Labute approximate surface area is 124 Å².